The summed E-state index contributed by atoms with van der Waals surface area (Å²) in [6.07, 6.45) is 16.4. The highest BCUT2D eigenvalue weighted by Crippen LogP contribution is 2.28. The van der Waals surface area contributed by atoms with Crippen molar-refractivity contribution in [2.24, 2.45) is 0 Å². The van der Waals surface area contributed by atoms with Crippen LogP contribution in [0.1, 0.15) is 0 Å². The predicted octanol–water partition coefficient (Wildman–Crippen LogP) is 2.11. The van der Waals surface area contributed by atoms with Gasteiger partial charge in [-0.05, 0) is 6.08 Å². The highest BCUT2D eigenvalue weighted by molar-refractivity contribution is 5.39. The van der Waals surface area contributed by atoms with E-state index in [1.807, 2.05) is 24.5 Å². The predicted molar refractivity (Wildman–Crippen MR) is 55.2 cm³/mol. The smallest absolute Gasteiger partial charge is 0.196 e. The molecular weight excluding hydrogens is 174 g/mol. The van der Waals surface area contributed by atoms with Gasteiger partial charge in [0.1, 0.15) is 0 Å². The van der Waals surface area contributed by atoms with E-state index in [4.69, 9.17) is 4.74 Å². The maximum absolute atomic E-state index is 5.54. The van der Waals surface area contributed by atoms with Crippen molar-refractivity contribution < 1.29 is 4.74 Å². The molecule has 0 aromatic carbocycles. The Balaban J connectivity index is 2.02. The van der Waals surface area contributed by atoms with Crippen LogP contribution in [0.4, 0.5) is 0 Å². The number of rotatable bonds is 0. The van der Waals surface area contributed by atoms with Crippen molar-refractivity contribution in [1.29, 1.82) is 0 Å². The Morgan fingerprint density at radius 2 is 2.29 bits per heavy atom. The molecule has 1 aliphatic carbocycles. The first-order chi connectivity index (χ1) is 6.95. The summed E-state index contributed by atoms with van der Waals surface area (Å²) < 4.78 is 5.54. The van der Waals surface area contributed by atoms with E-state index in [0.717, 1.165) is 12.4 Å². The third-order valence-corrected chi connectivity index (χ3v) is 2.65. The van der Waals surface area contributed by atoms with Gasteiger partial charge in [0.25, 0.3) is 0 Å². The lowest BCUT2D eigenvalue weighted by molar-refractivity contribution is 0.154. The van der Waals surface area contributed by atoms with Crippen LogP contribution in [0, 0.1) is 0 Å². The van der Waals surface area contributed by atoms with E-state index in [1.165, 1.54) is 5.57 Å². The molecule has 14 heavy (non-hydrogen) atoms. The Morgan fingerprint density at radius 1 is 1.29 bits per heavy atom. The van der Waals surface area contributed by atoms with Gasteiger partial charge in [-0.3, -0.25) is 0 Å². The highest BCUT2D eigenvalue weighted by atomic mass is 16.5. The first-order valence-electron chi connectivity index (χ1n) is 4.80. The monoisotopic (exact) mass is 185 g/mol. The van der Waals surface area contributed by atoms with E-state index >= 15 is 0 Å². The van der Waals surface area contributed by atoms with E-state index in [0.29, 0.717) is 6.04 Å². The fourth-order valence-electron chi connectivity index (χ4n) is 1.94. The second kappa shape index (κ2) is 2.91. The highest BCUT2D eigenvalue weighted by Gasteiger charge is 2.27. The van der Waals surface area contributed by atoms with Gasteiger partial charge < -0.3 is 9.64 Å². The minimum absolute atomic E-state index is 0.352. The quantitative estimate of drug-likeness (QED) is 0.573. The summed E-state index contributed by atoms with van der Waals surface area (Å²) in [7, 11) is 0. The van der Waals surface area contributed by atoms with Crippen molar-refractivity contribution in [3.8, 4) is 0 Å². The molecule has 3 rings (SSSR count). The average Bonchev–Trinajstić information content (AvgIpc) is 2.29. The van der Waals surface area contributed by atoms with Crippen LogP contribution in [0.3, 0.4) is 0 Å². The first-order valence-corrected chi connectivity index (χ1v) is 4.80. The molecule has 0 fully saturated rings. The van der Waals surface area contributed by atoms with E-state index in [9.17, 15) is 0 Å². The molecule has 0 saturated heterocycles. The molecule has 2 heteroatoms. The van der Waals surface area contributed by atoms with E-state index in [1.54, 1.807) is 0 Å². The van der Waals surface area contributed by atoms with Crippen molar-refractivity contribution in [2.45, 2.75) is 6.04 Å². The van der Waals surface area contributed by atoms with Gasteiger partial charge in [0.2, 0.25) is 0 Å². The zero-order chi connectivity index (χ0) is 9.38. The van der Waals surface area contributed by atoms with Crippen LogP contribution in [0.5, 0.6) is 0 Å². The molecule has 0 spiro atoms. The maximum atomic E-state index is 5.54. The molecular formula is C12H11NO. The van der Waals surface area contributed by atoms with Crippen molar-refractivity contribution in [2.75, 3.05) is 6.54 Å². The van der Waals surface area contributed by atoms with Crippen molar-refractivity contribution in [3.63, 3.8) is 0 Å². The molecule has 0 radical (unpaired) electrons. The minimum atomic E-state index is 0.352. The second-order valence-electron chi connectivity index (χ2n) is 3.51. The van der Waals surface area contributed by atoms with Crippen LogP contribution < -0.4 is 0 Å². The Hall–Kier alpha value is -1.70. The molecule has 0 aromatic rings. The van der Waals surface area contributed by atoms with Crippen molar-refractivity contribution in [3.05, 3.63) is 60.3 Å². The van der Waals surface area contributed by atoms with Gasteiger partial charge in [0.15, 0.2) is 5.88 Å². The van der Waals surface area contributed by atoms with Gasteiger partial charge in [0.05, 0.1) is 12.3 Å². The first kappa shape index (κ1) is 7.68. The summed E-state index contributed by atoms with van der Waals surface area (Å²) >= 11 is 0. The minimum Gasteiger partial charge on any atom is -0.448 e. The third-order valence-electron chi connectivity index (χ3n) is 2.65. The number of ether oxygens (including phenoxy) is 1. The third kappa shape index (κ3) is 1.04. The molecule has 1 atom stereocenters. The van der Waals surface area contributed by atoms with Crippen LogP contribution >= 0.6 is 0 Å². The molecule has 0 bridgehead atoms. The molecule has 0 aromatic heterocycles. The number of fused-ring (bicyclic) bond motifs is 3. The van der Waals surface area contributed by atoms with Crippen molar-refractivity contribution >= 4 is 0 Å². The number of hydrogen-bond donors (Lipinski definition) is 0. The lowest BCUT2D eigenvalue weighted by Crippen LogP contribution is -2.39. The molecule has 3 aliphatic rings. The zero-order valence-electron chi connectivity index (χ0n) is 7.76. The molecule has 2 nitrogen and oxygen atoms in total. The Labute approximate surface area is 83.2 Å². The van der Waals surface area contributed by atoms with Crippen LogP contribution in [0.2, 0.25) is 0 Å². The van der Waals surface area contributed by atoms with E-state index < -0.39 is 0 Å². The Morgan fingerprint density at radius 3 is 3.29 bits per heavy atom. The summed E-state index contributed by atoms with van der Waals surface area (Å²) in [5, 5.41) is 0. The molecule has 0 saturated carbocycles. The normalized spacial score (nSPS) is 27.4. The summed E-state index contributed by atoms with van der Waals surface area (Å²) in [5.41, 5.74) is 1.22. The SMILES string of the molecule is C1=CCN2C(=C1)OC=C1C=CC=CC12. The fraction of sp³-hybridized carbons (Fsp3) is 0.167. The molecule has 2 aliphatic heterocycles. The van der Waals surface area contributed by atoms with Crippen LogP contribution in [-0.2, 0) is 4.74 Å². The number of nitrogens with zero attached hydrogens (tertiary/aromatic N) is 1. The van der Waals surface area contributed by atoms with Gasteiger partial charge in [0, 0.05) is 12.1 Å². The molecule has 0 N–H and O–H groups in total. The van der Waals surface area contributed by atoms with E-state index in [-0.39, 0.29) is 0 Å². The Kier molecular flexibility index (Phi) is 1.60. The van der Waals surface area contributed by atoms with Gasteiger partial charge in [-0.2, -0.15) is 0 Å². The lowest BCUT2D eigenvalue weighted by atomic mass is 10.00. The van der Waals surface area contributed by atoms with Gasteiger partial charge >= 0.3 is 0 Å². The van der Waals surface area contributed by atoms with Crippen LogP contribution in [0.15, 0.2) is 60.3 Å². The second-order valence-corrected chi connectivity index (χ2v) is 3.51. The Bertz CT molecular complexity index is 399. The largest absolute Gasteiger partial charge is 0.448 e. The van der Waals surface area contributed by atoms with Gasteiger partial charge in [-0.25, -0.2) is 0 Å². The zero-order valence-corrected chi connectivity index (χ0v) is 7.76. The lowest BCUT2D eigenvalue weighted by Gasteiger charge is -2.37. The molecule has 1 unspecified atom stereocenters. The fourth-order valence-corrected chi connectivity index (χ4v) is 1.94. The summed E-state index contributed by atoms with van der Waals surface area (Å²) in [6, 6.07) is 0.352. The van der Waals surface area contributed by atoms with E-state index in [2.05, 4.69) is 29.2 Å². The maximum Gasteiger partial charge on any atom is 0.196 e. The number of hydrogen-bond acceptors (Lipinski definition) is 2. The molecule has 2 heterocycles. The summed E-state index contributed by atoms with van der Waals surface area (Å²) in [4.78, 5) is 2.25. The standard InChI is InChI=1S/C12H11NO/c1-2-6-11-10(5-1)9-14-12-7-3-4-8-13(11)12/h1-7,9,11H,8H2. The van der Waals surface area contributed by atoms with Gasteiger partial charge in [-0.15, -0.1) is 0 Å². The van der Waals surface area contributed by atoms with Crippen LogP contribution in [0.25, 0.3) is 0 Å². The van der Waals surface area contributed by atoms with Crippen LogP contribution in [-0.4, -0.2) is 17.5 Å². The summed E-state index contributed by atoms with van der Waals surface area (Å²) in [5.74, 6) is 0.946. The number of allylic oxidation sites excluding steroid dienone is 4. The van der Waals surface area contributed by atoms with Crippen molar-refractivity contribution in [1.82, 2.24) is 4.90 Å². The molecule has 70 valence electrons. The average molecular weight is 185 g/mol. The molecule has 0 amide bonds. The summed E-state index contributed by atoms with van der Waals surface area (Å²) in [6.45, 7) is 0.923. The van der Waals surface area contributed by atoms with Gasteiger partial charge in [-0.1, -0.05) is 36.5 Å². The topological polar surface area (TPSA) is 12.5 Å².